The summed E-state index contributed by atoms with van der Waals surface area (Å²) in [5.74, 6) is 0.961. The van der Waals surface area contributed by atoms with E-state index in [1.807, 2.05) is 11.3 Å². The van der Waals surface area contributed by atoms with Crippen LogP contribution in [0.3, 0.4) is 0 Å². The van der Waals surface area contributed by atoms with Gasteiger partial charge < -0.3 is 5.32 Å². The molecule has 72 valence electrons. The van der Waals surface area contributed by atoms with E-state index in [0.717, 1.165) is 12.5 Å². The molecule has 0 spiro atoms. The molecule has 1 N–H and O–H groups in total. The van der Waals surface area contributed by atoms with Crippen LogP contribution >= 0.6 is 27.3 Å². The van der Waals surface area contributed by atoms with Crippen molar-refractivity contribution in [3.05, 3.63) is 20.8 Å². The molecule has 3 heteroatoms. The van der Waals surface area contributed by atoms with Crippen LogP contribution in [0.5, 0.6) is 0 Å². The summed E-state index contributed by atoms with van der Waals surface area (Å²) in [5, 5.41) is 3.51. The van der Waals surface area contributed by atoms with Crippen molar-refractivity contribution in [1.82, 2.24) is 5.32 Å². The summed E-state index contributed by atoms with van der Waals surface area (Å²) in [6.45, 7) is 2.24. The first-order chi connectivity index (χ1) is 6.34. The smallest absolute Gasteiger partial charge is 0.0701 e. The van der Waals surface area contributed by atoms with E-state index >= 15 is 0 Å². The highest BCUT2D eigenvalue weighted by atomic mass is 79.9. The van der Waals surface area contributed by atoms with Gasteiger partial charge in [-0.2, -0.15) is 0 Å². The van der Waals surface area contributed by atoms with Crippen LogP contribution in [0.15, 0.2) is 15.9 Å². The van der Waals surface area contributed by atoms with E-state index in [1.165, 1.54) is 34.5 Å². The van der Waals surface area contributed by atoms with Crippen molar-refractivity contribution in [2.24, 2.45) is 5.92 Å². The van der Waals surface area contributed by atoms with Gasteiger partial charge in [-0.05, 0) is 53.4 Å². The monoisotopic (exact) mass is 259 g/mol. The zero-order valence-corrected chi connectivity index (χ0v) is 9.96. The molecule has 1 aromatic heterocycles. The average Bonchev–Trinajstić information content (AvgIpc) is 2.42. The highest BCUT2D eigenvalue weighted by molar-refractivity contribution is 9.11. The lowest BCUT2D eigenvalue weighted by Crippen LogP contribution is -2.26. The number of halogens is 1. The number of hydrogen-bond acceptors (Lipinski definition) is 2. The van der Waals surface area contributed by atoms with Crippen LogP contribution < -0.4 is 5.32 Å². The number of hydrogen-bond donors (Lipinski definition) is 1. The quantitative estimate of drug-likeness (QED) is 0.874. The second-order valence-electron chi connectivity index (χ2n) is 3.63. The molecule has 0 unspecified atom stereocenters. The molecule has 1 fully saturated rings. The highest BCUT2D eigenvalue weighted by Gasteiger charge is 2.16. The minimum absolute atomic E-state index is 0.961. The maximum absolute atomic E-state index is 3.51. The lowest BCUT2D eigenvalue weighted by atomic mass is 9.85. The van der Waals surface area contributed by atoms with Gasteiger partial charge in [0.2, 0.25) is 0 Å². The molecule has 0 bridgehead atoms. The van der Waals surface area contributed by atoms with Crippen LogP contribution in [0.2, 0.25) is 0 Å². The number of thiophene rings is 1. The number of nitrogens with one attached hydrogen (secondary N) is 1. The largest absolute Gasteiger partial charge is 0.312 e. The molecule has 1 heterocycles. The van der Waals surface area contributed by atoms with E-state index in [9.17, 15) is 0 Å². The Hall–Kier alpha value is 0.140. The average molecular weight is 260 g/mol. The van der Waals surface area contributed by atoms with Crippen LogP contribution in [0.25, 0.3) is 0 Å². The molecule has 13 heavy (non-hydrogen) atoms. The molecule has 1 saturated carbocycles. The van der Waals surface area contributed by atoms with Crippen molar-refractivity contribution in [3.63, 3.8) is 0 Å². The van der Waals surface area contributed by atoms with Crippen molar-refractivity contribution in [3.8, 4) is 0 Å². The Morgan fingerprint density at radius 1 is 1.46 bits per heavy atom. The Bertz CT molecular complexity index is 268. The van der Waals surface area contributed by atoms with Crippen LogP contribution in [-0.2, 0) is 6.54 Å². The molecular formula is C10H14BrNS. The third-order valence-electron chi connectivity index (χ3n) is 2.59. The van der Waals surface area contributed by atoms with Gasteiger partial charge >= 0.3 is 0 Å². The van der Waals surface area contributed by atoms with E-state index < -0.39 is 0 Å². The Balaban J connectivity index is 1.67. The molecule has 2 rings (SSSR count). The molecule has 1 aliphatic rings. The maximum Gasteiger partial charge on any atom is 0.0701 e. The van der Waals surface area contributed by atoms with Crippen molar-refractivity contribution < 1.29 is 0 Å². The first kappa shape index (κ1) is 9.69. The van der Waals surface area contributed by atoms with Crippen LogP contribution in [-0.4, -0.2) is 6.54 Å². The first-order valence-corrected chi connectivity index (χ1v) is 6.40. The predicted octanol–water partition coefficient (Wildman–Crippen LogP) is 3.40. The third kappa shape index (κ3) is 2.79. The predicted molar refractivity (Wildman–Crippen MR) is 61.1 cm³/mol. The van der Waals surface area contributed by atoms with Gasteiger partial charge in [-0.15, -0.1) is 11.3 Å². The van der Waals surface area contributed by atoms with Crippen molar-refractivity contribution in [2.45, 2.75) is 25.8 Å². The molecule has 0 atom stereocenters. The van der Waals surface area contributed by atoms with Crippen LogP contribution in [0.4, 0.5) is 0 Å². The molecule has 1 nitrogen and oxygen atoms in total. The SMILES string of the molecule is Brc1ccc(CNCC2CCC2)s1. The summed E-state index contributed by atoms with van der Waals surface area (Å²) in [4.78, 5) is 1.42. The summed E-state index contributed by atoms with van der Waals surface area (Å²) in [6, 6.07) is 4.30. The van der Waals surface area contributed by atoms with E-state index in [-0.39, 0.29) is 0 Å². The Morgan fingerprint density at radius 2 is 2.31 bits per heavy atom. The fraction of sp³-hybridized carbons (Fsp3) is 0.600. The Morgan fingerprint density at radius 3 is 2.85 bits per heavy atom. The van der Waals surface area contributed by atoms with Gasteiger partial charge in [0.25, 0.3) is 0 Å². The van der Waals surface area contributed by atoms with Crippen molar-refractivity contribution in [2.75, 3.05) is 6.54 Å². The van der Waals surface area contributed by atoms with Gasteiger partial charge in [0, 0.05) is 11.4 Å². The normalized spacial score (nSPS) is 17.3. The number of rotatable bonds is 4. The highest BCUT2D eigenvalue weighted by Crippen LogP contribution is 2.26. The second kappa shape index (κ2) is 4.58. The minimum Gasteiger partial charge on any atom is -0.312 e. The maximum atomic E-state index is 3.51. The lowest BCUT2D eigenvalue weighted by Gasteiger charge is -2.25. The van der Waals surface area contributed by atoms with Gasteiger partial charge in [0.1, 0.15) is 0 Å². The fourth-order valence-electron chi connectivity index (χ4n) is 1.54. The van der Waals surface area contributed by atoms with Crippen molar-refractivity contribution >= 4 is 27.3 Å². The van der Waals surface area contributed by atoms with Gasteiger partial charge in [0.05, 0.1) is 3.79 Å². The molecular weight excluding hydrogens is 246 g/mol. The van der Waals surface area contributed by atoms with E-state index in [2.05, 4.69) is 33.4 Å². The van der Waals surface area contributed by atoms with Gasteiger partial charge in [-0.1, -0.05) is 6.42 Å². The van der Waals surface area contributed by atoms with Gasteiger partial charge in [-0.3, -0.25) is 0 Å². The summed E-state index contributed by atoms with van der Waals surface area (Å²) in [5.41, 5.74) is 0. The molecule has 0 amide bonds. The van der Waals surface area contributed by atoms with Crippen LogP contribution in [0.1, 0.15) is 24.1 Å². The molecule has 0 aliphatic heterocycles. The first-order valence-electron chi connectivity index (χ1n) is 4.79. The van der Waals surface area contributed by atoms with Gasteiger partial charge in [-0.25, -0.2) is 0 Å². The van der Waals surface area contributed by atoms with E-state index in [4.69, 9.17) is 0 Å². The molecule has 0 aromatic carbocycles. The summed E-state index contributed by atoms with van der Waals surface area (Å²) in [7, 11) is 0. The molecule has 0 saturated heterocycles. The standard InChI is InChI=1S/C10H14BrNS/c11-10-5-4-9(13-10)7-12-6-8-2-1-3-8/h4-5,8,12H,1-3,6-7H2. The lowest BCUT2D eigenvalue weighted by molar-refractivity contribution is 0.301. The molecule has 1 aromatic rings. The van der Waals surface area contributed by atoms with E-state index in [1.54, 1.807) is 0 Å². The zero-order valence-electron chi connectivity index (χ0n) is 7.55. The van der Waals surface area contributed by atoms with Crippen molar-refractivity contribution in [1.29, 1.82) is 0 Å². The Labute approximate surface area is 91.7 Å². The Kier molecular flexibility index (Phi) is 3.41. The second-order valence-corrected chi connectivity index (χ2v) is 6.18. The summed E-state index contributed by atoms with van der Waals surface area (Å²) in [6.07, 6.45) is 4.30. The molecule has 0 radical (unpaired) electrons. The summed E-state index contributed by atoms with van der Waals surface area (Å²) < 4.78 is 1.23. The topological polar surface area (TPSA) is 12.0 Å². The van der Waals surface area contributed by atoms with E-state index in [0.29, 0.717) is 0 Å². The molecule has 1 aliphatic carbocycles. The summed E-state index contributed by atoms with van der Waals surface area (Å²) >= 11 is 5.29. The third-order valence-corrected chi connectivity index (χ3v) is 4.21. The minimum atomic E-state index is 0.961. The van der Waals surface area contributed by atoms with Crippen LogP contribution in [0, 0.1) is 5.92 Å². The fourth-order valence-corrected chi connectivity index (χ4v) is 3.00. The zero-order chi connectivity index (χ0) is 9.10. The van der Waals surface area contributed by atoms with Gasteiger partial charge in [0.15, 0.2) is 0 Å².